The minimum atomic E-state index is -0.0996. The summed E-state index contributed by atoms with van der Waals surface area (Å²) in [5.41, 5.74) is 2.16. The zero-order valence-electron chi connectivity index (χ0n) is 12.8. The van der Waals surface area contributed by atoms with Gasteiger partial charge in [0.05, 0.1) is 17.1 Å². The Balaban J connectivity index is 1.43. The largest absolute Gasteiger partial charge is 0.381 e. The van der Waals surface area contributed by atoms with Crippen molar-refractivity contribution in [1.82, 2.24) is 15.3 Å². The number of hydrogen-bond donors (Lipinski definition) is 2. The highest BCUT2D eigenvalue weighted by molar-refractivity contribution is 5.83. The van der Waals surface area contributed by atoms with Gasteiger partial charge in [-0.05, 0) is 43.7 Å². The third-order valence-corrected chi connectivity index (χ3v) is 5.17. The van der Waals surface area contributed by atoms with Gasteiger partial charge in [0, 0.05) is 19.1 Å². The second kappa shape index (κ2) is 5.09. The van der Waals surface area contributed by atoms with Crippen LogP contribution < -0.4 is 5.32 Å². The number of nitrogens with one attached hydrogen (secondary N) is 2. The highest BCUT2D eigenvalue weighted by atomic mass is 16.5. The Morgan fingerprint density at radius 3 is 2.95 bits per heavy atom. The summed E-state index contributed by atoms with van der Waals surface area (Å²) < 4.78 is 5.41. The Bertz CT molecular complexity index is 670. The first kappa shape index (κ1) is 13.8. The fraction of sp³-hybridized carbons (Fsp3) is 0.529. The molecule has 1 saturated carbocycles. The number of imidazole rings is 1. The number of benzene rings is 1. The lowest BCUT2D eigenvalue weighted by Crippen LogP contribution is -2.32. The number of rotatable bonds is 3. The molecule has 0 radical (unpaired) electrons. The Morgan fingerprint density at radius 1 is 1.41 bits per heavy atom. The number of H-pyrrole nitrogens is 1. The number of hydrogen-bond acceptors (Lipinski definition) is 3. The molecule has 22 heavy (non-hydrogen) atoms. The van der Waals surface area contributed by atoms with E-state index in [1.54, 1.807) is 0 Å². The number of para-hydroxylation sites is 2. The van der Waals surface area contributed by atoms with Crippen molar-refractivity contribution in [2.75, 3.05) is 13.2 Å². The molecule has 2 aromatic rings. The molecule has 1 amide bonds. The predicted octanol–water partition coefficient (Wildman–Crippen LogP) is 2.56. The molecule has 1 aromatic heterocycles. The van der Waals surface area contributed by atoms with Gasteiger partial charge in [-0.3, -0.25) is 4.79 Å². The molecule has 1 aromatic carbocycles. The summed E-state index contributed by atoms with van der Waals surface area (Å²) in [5.74, 6) is 1.13. The predicted molar refractivity (Wildman–Crippen MR) is 83.2 cm³/mol. The molecule has 4 rings (SSSR count). The van der Waals surface area contributed by atoms with Gasteiger partial charge in [-0.15, -0.1) is 0 Å². The van der Waals surface area contributed by atoms with Crippen LogP contribution in [0.1, 0.15) is 38.1 Å². The van der Waals surface area contributed by atoms with E-state index in [1.807, 2.05) is 31.2 Å². The van der Waals surface area contributed by atoms with Crippen LogP contribution in [-0.4, -0.2) is 29.1 Å². The van der Waals surface area contributed by atoms with E-state index in [-0.39, 0.29) is 23.3 Å². The van der Waals surface area contributed by atoms with Crippen molar-refractivity contribution in [1.29, 1.82) is 0 Å². The highest BCUT2D eigenvalue weighted by Gasteiger charge is 2.58. The number of aromatic nitrogens is 2. The topological polar surface area (TPSA) is 67.0 Å². The van der Waals surface area contributed by atoms with E-state index in [0.717, 1.165) is 49.3 Å². The van der Waals surface area contributed by atoms with Crippen molar-refractivity contribution in [3.63, 3.8) is 0 Å². The molecule has 2 N–H and O–H groups in total. The number of aromatic amines is 1. The molecule has 116 valence electrons. The number of carbonyl (C=O) groups excluding carboxylic acids is 1. The molecule has 1 aliphatic carbocycles. The Kier molecular flexibility index (Phi) is 3.18. The maximum Gasteiger partial charge on any atom is 0.224 e. The van der Waals surface area contributed by atoms with E-state index in [0.29, 0.717) is 0 Å². The monoisotopic (exact) mass is 299 g/mol. The van der Waals surface area contributed by atoms with Crippen LogP contribution in [0.3, 0.4) is 0 Å². The second-order valence-electron chi connectivity index (χ2n) is 6.60. The van der Waals surface area contributed by atoms with Crippen LogP contribution >= 0.6 is 0 Å². The van der Waals surface area contributed by atoms with E-state index < -0.39 is 0 Å². The van der Waals surface area contributed by atoms with Crippen LogP contribution in [0.2, 0.25) is 0 Å². The third kappa shape index (κ3) is 2.29. The summed E-state index contributed by atoms with van der Waals surface area (Å²) in [5, 5.41) is 3.12. The van der Waals surface area contributed by atoms with Crippen molar-refractivity contribution in [3.8, 4) is 0 Å². The minimum Gasteiger partial charge on any atom is -0.381 e. The molecule has 2 atom stereocenters. The molecule has 1 aliphatic heterocycles. The summed E-state index contributed by atoms with van der Waals surface area (Å²) in [7, 11) is 0. The molecule has 2 aliphatic rings. The third-order valence-electron chi connectivity index (χ3n) is 5.17. The highest BCUT2D eigenvalue weighted by Crippen LogP contribution is 2.59. The van der Waals surface area contributed by atoms with E-state index in [4.69, 9.17) is 4.74 Å². The number of nitrogens with zero attached hydrogens (tertiary/aromatic N) is 1. The average molecular weight is 299 g/mol. The van der Waals surface area contributed by atoms with Gasteiger partial charge in [0.2, 0.25) is 5.91 Å². The summed E-state index contributed by atoms with van der Waals surface area (Å²) in [6.07, 6.45) is 3.04. The number of fused-ring (bicyclic) bond motifs is 1. The lowest BCUT2D eigenvalue weighted by molar-refractivity contribution is -0.124. The number of carbonyl (C=O) groups is 1. The summed E-state index contributed by atoms with van der Waals surface area (Å²) in [6.45, 7) is 3.57. The molecule has 2 heterocycles. The molecule has 1 spiro atoms. The zero-order valence-corrected chi connectivity index (χ0v) is 12.8. The van der Waals surface area contributed by atoms with E-state index in [2.05, 4.69) is 15.3 Å². The summed E-state index contributed by atoms with van der Waals surface area (Å²) in [6, 6.07) is 7.82. The lowest BCUT2D eigenvalue weighted by atomic mass is 9.93. The van der Waals surface area contributed by atoms with Crippen LogP contribution in [0.4, 0.5) is 0 Å². The number of amides is 1. The van der Waals surface area contributed by atoms with Crippen LogP contribution in [0.15, 0.2) is 24.3 Å². The van der Waals surface area contributed by atoms with Crippen LogP contribution in [0.25, 0.3) is 11.0 Å². The normalized spacial score (nSPS) is 24.3. The molecule has 5 heteroatoms. The minimum absolute atomic E-state index is 0.0996. The van der Waals surface area contributed by atoms with Crippen LogP contribution in [0.5, 0.6) is 0 Å². The van der Waals surface area contributed by atoms with Crippen molar-refractivity contribution in [3.05, 3.63) is 30.1 Å². The molecule has 1 saturated heterocycles. The van der Waals surface area contributed by atoms with Gasteiger partial charge in [-0.2, -0.15) is 0 Å². The molecule has 2 unspecified atom stereocenters. The molecular formula is C17H21N3O2. The smallest absolute Gasteiger partial charge is 0.224 e. The van der Waals surface area contributed by atoms with Gasteiger partial charge in [0.1, 0.15) is 5.82 Å². The quantitative estimate of drug-likeness (QED) is 0.915. The fourth-order valence-electron chi connectivity index (χ4n) is 3.61. The van der Waals surface area contributed by atoms with E-state index in [9.17, 15) is 4.79 Å². The number of ether oxygens (including phenoxy) is 1. The maximum absolute atomic E-state index is 12.5. The molecule has 5 nitrogen and oxygen atoms in total. The van der Waals surface area contributed by atoms with Crippen LogP contribution in [-0.2, 0) is 9.53 Å². The van der Waals surface area contributed by atoms with Gasteiger partial charge in [-0.1, -0.05) is 12.1 Å². The van der Waals surface area contributed by atoms with Gasteiger partial charge in [0.15, 0.2) is 0 Å². The maximum atomic E-state index is 12.5. The zero-order chi connectivity index (χ0) is 15.2. The molecule has 0 bridgehead atoms. The SMILES string of the molecule is CC(NC(=O)C1CC12CCOCC2)c1nc2ccccc2[nH]1. The van der Waals surface area contributed by atoms with E-state index >= 15 is 0 Å². The summed E-state index contributed by atoms with van der Waals surface area (Å²) >= 11 is 0. The van der Waals surface area contributed by atoms with Crippen molar-refractivity contribution < 1.29 is 9.53 Å². The second-order valence-corrected chi connectivity index (χ2v) is 6.60. The van der Waals surface area contributed by atoms with Gasteiger partial charge in [0.25, 0.3) is 0 Å². The summed E-state index contributed by atoms with van der Waals surface area (Å²) in [4.78, 5) is 20.3. The fourth-order valence-corrected chi connectivity index (χ4v) is 3.61. The lowest BCUT2D eigenvalue weighted by Gasteiger charge is -2.23. The first-order valence-electron chi connectivity index (χ1n) is 8.01. The molecular weight excluding hydrogens is 278 g/mol. The van der Waals surface area contributed by atoms with E-state index in [1.165, 1.54) is 0 Å². The Morgan fingerprint density at radius 2 is 2.18 bits per heavy atom. The average Bonchev–Trinajstić information content (AvgIpc) is 3.05. The first-order valence-corrected chi connectivity index (χ1v) is 8.01. The van der Waals surface area contributed by atoms with Gasteiger partial charge >= 0.3 is 0 Å². The van der Waals surface area contributed by atoms with Crippen molar-refractivity contribution in [2.24, 2.45) is 11.3 Å². The molecule has 2 fully saturated rings. The first-order chi connectivity index (χ1) is 10.7. The van der Waals surface area contributed by atoms with Crippen LogP contribution in [0, 0.1) is 11.3 Å². The van der Waals surface area contributed by atoms with Gasteiger partial charge < -0.3 is 15.0 Å². The standard InChI is InChI=1S/C17H21N3O2/c1-11(15-19-13-4-2-3-5-14(13)20-15)18-16(21)12-10-17(12)6-8-22-9-7-17/h2-5,11-12H,6-10H2,1H3,(H,18,21)(H,19,20). The van der Waals surface area contributed by atoms with Crippen molar-refractivity contribution >= 4 is 16.9 Å². The van der Waals surface area contributed by atoms with Gasteiger partial charge in [-0.25, -0.2) is 4.98 Å². The Labute approximate surface area is 129 Å². The Hall–Kier alpha value is -1.88. The van der Waals surface area contributed by atoms with Crippen molar-refractivity contribution in [2.45, 2.75) is 32.2 Å².